The van der Waals surface area contributed by atoms with Crippen molar-refractivity contribution in [3.8, 4) is 5.75 Å². The van der Waals surface area contributed by atoms with E-state index < -0.39 is 30.4 Å². The number of phenols is 1. The molecule has 2 rings (SSSR count). The third kappa shape index (κ3) is 5.35. The molecule has 2 N–H and O–H groups in total. The Labute approximate surface area is 176 Å². The van der Waals surface area contributed by atoms with Crippen LogP contribution in [-0.4, -0.2) is 48.7 Å². The Balaban J connectivity index is 2.17. The van der Waals surface area contributed by atoms with Gasteiger partial charge in [-0.1, -0.05) is 12.1 Å². The normalized spacial score (nSPS) is 10.2. The van der Waals surface area contributed by atoms with Gasteiger partial charge in [-0.25, -0.2) is 14.4 Å². The molecule has 1 amide bonds. The van der Waals surface area contributed by atoms with Crippen LogP contribution in [0.25, 0.3) is 0 Å². The number of carbonyl (C=O) groups excluding carboxylic acids is 4. The largest absolute Gasteiger partial charge is 0.507 e. The highest BCUT2D eigenvalue weighted by Crippen LogP contribution is 2.34. The summed E-state index contributed by atoms with van der Waals surface area (Å²) >= 11 is 0.862. The van der Waals surface area contributed by atoms with E-state index in [9.17, 15) is 24.3 Å². The Bertz CT molecular complexity index is 966. The first-order valence-corrected chi connectivity index (χ1v) is 9.84. The number of amides is 1. The van der Waals surface area contributed by atoms with Crippen molar-refractivity contribution in [2.75, 3.05) is 25.1 Å². The van der Waals surface area contributed by atoms with Gasteiger partial charge in [-0.3, -0.25) is 4.79 Å². The number of thiophene rings is 1. The number of nitrogens with one attached hydrogen (secondary N) is 1. The number of para-hydroxylation sites is 1. The summed E-state index contributed by atoms with van der Waals surface area (Å²) in [4.78, 5) is 48.9. The van der Waals surface area contributed by atoms with E-state index >= 15 is 0 Å². The van der Waals surface area contributed by atoms with Gasteiger partial charge in [0, 0.05) is 0 Å². The summed E-state index contributed by atoms with van der Waals surface area (Å²) in [6.45, 7) is 4.41. The number of phenolic OH excluding ortho intramolecular Hbond substituents is 1. The number of hydrogen-bond acceptors (Lipinski definition) is 9. The Morgan fingerprint density at radius 2 is 1.60 bits per heavy atom. The molecule has 0 aliphatic heterocycles. The lowest BCUT2D eigenvalue weighted by atomic mass is 10.1. The van der Waals surface area contributed by atoms with Gasteiger partial charge in [0.1, 0.15) is 21.2 Å². The smallest absolute Gasteiger partial charge is 0.348 e. The lowest BCUT2D eigenvalue weighted by Crippen LogP contribution is -2.21. The lowest BCUT2D eigenvalue weighted by molar-refractivity contribution is -0.119. The summed E-state index contributed by atoms with van der Waals surface area (Å²) in [5, 5.41) is 12.2. The molecule has 2 aromatic rings. The number of aromatic hydroxyl groups is 1. The van der Waals surface area contributed by atoms with Crippen molar-refractivity contribution in [3.63, 3.8) is 0 Å². The van der Waals surface area contributed by atoms with Crippen LogP contribution in [0, 0.1) is 6.92 Å². The number of rotatable bonds is 8. The van der Waals surface area contributed by atoms with Crippen LogP contribution >= 0.6 is 11.3 Å². The second-order valence-corrected chi connectivity index (χ2v) is 6.86. The molecule has 30 heavy (non-hydrogen) atoms. The number of anilines is 1. The Morgan fingerprint density at radius 1 is 0.967 bits per heavy atom. The fraction of sp³-hybridized carbons (Fsp3) is 0.300. The summed E-state index contributed by atoms with van der Waals surface area (Å²) in [6, 6.07) is 5.74. The highest BCUT2D eigenvalue weighted by Gasteiger charge is 2.27. The fourth-order valence-corrected chi connectivity index (χ4v) is 3.56. The van der Waals surface area contributed by atoms with E-state index in [1.165, 1.54) is 24.3 Å². The minimum Gasteiger partial charge on any atom is -0.507 e. The van der Waals surface area contributed by atoms with Crippen molar-refractivity contribution in [2.45, 2.75) is 20.8 Å². The second-order valence-electron chi connectivity index (χ2n) is 5.84. The van der Waals surface area contributed by atoms with Crippen LogP contribution < -0.4 is 5.32 Å². The van der Waals surface area contributed by atoms with Crippen LogP contribution in [-0.2, 0) is 19.0 Å². The monoisotopic (exact) mass is 435 g/mol. The first-order chi connectivity index (χ1) is 14.3. The van der Waals surface area contributed by atoms with Crippen LogP contribution in [0.3, 0.4) is 0 Å². The van der Waals surface area contributed by atoms with Gasteiger partial charge in [0.25, 0.3) is 5.91 Å². The number of ether oxygens (including phenoxy) is 3. The Morgan fingerprint density at radius 3 is 2.23 bits per heavy atom. The first kappa shape index (κ1) is 22.9. The molecule has 0 atom stereocenters. The minimum atomic E-state index is -0.886. The zero-order valence-corrected chi connectivity index (χ0v) is 17.5. The molecular formula is C20H21NO8S. The molecule has 1 aromatic heterocycles. The molecule has 0 aliphatic carbocycles. The van der Waals surface area contributed by atoms with Crippen molar-refractivity contribution < 1.29 is 38.5 Å². The average molecular weight is 435 g/mol. The molecule has 0 spiro atoms. The van der Waals surface area contributed by atoms with Gasteiger partial charge >= 0.3 is 17.9 Å². The quantitative estimate of drug-likeness (QED) is 0.478. The van der Waals surface area contributed by atoms with E-state index in [4.69, 9.17) is 14.2 Å². The molecule has 10 heteroatoms. The number of carbonyl (C=O) groups is 4. The van der Waals surface area contributed by atoms with Gasteiger partial charge in [-0.15, -0.1) is 11.3 Å². The van der Waals surface area contributed by atoms with E-state index in [2.05, 4.69) is 5.32 Å². The highest BCUT2D eigenvalue weighted by molar-refractivity contribution is 7.18. The third-order valence-corrected chi connectivity index (χ3v) is 4.99. The van der Waals surface area contributed by atoms with Crippen LogP contribution in [0.4, 0.5) is 5.00 Å². The van der Waals surface area contributed by atoms with Crippen LogP contribution in [0.1, 0.15) is 49.8 Å². The van der Waals surface area contributed by atoms with E-state index in [0.717, 1.165) is 11.3 Å². The average Bonchev–Trinajstić information content (AvgIpc) is 3.02. The number of esters is 3. The SMILES string of the molecule is CCOC(=O)c1sc(NC(=O)COC(=O)c2ccccc2O)c(C(=O)OCC)c1C. The van der Waals surface area contributed by atoms with Gasteiger partial charge in [0.2, 0.25) is 0 Å². The van der Waals surface area contributed by atoms with Crippen molar-refractivity contribution in [3.05, 3.63) is 45.8 Å². The summed E-state index contributed by atoms with van der Waals surface area (Å²) in [5.74, 6) is -3.23. The van der Waals surface area contributed by atoms with E-state index in [1.807, 2.05) is 0 Å². The zero-order chi connectivity index (χ0) is 22.3. The number of hydrogen-bond donors (Lipinski definition) is 2. The molecule has 0 fully saturated rings. The van der Waals surface area contributed by atoms with Gasteiger partial charge in [-0.2, -0.15) is 0 Å². The van der Waals surface area contributed by atoms with Crippen molar-refractivity contribution in [1.82, 2.24) is 0 Å². The molecule has 1 heterocycles. The molecule has 1 aromatic carbocycles. The molecule has 0 aliphatic rings. The summed E-state index contributed by atoms with van der Waals surface area (Å²) in [6.07, 6.45) is 0. The maximum atomic E-state index is 12.3. The van der Waals surface area contributed by atoms with Gasteiger partial charge < -0.3 is 24.6 Å². The van der Waals surface area contributed by atoms with Crippen molar-refractivity contribution in [1.29, 1.82) is 0 Å². The molecular weight excluding hydrogens is 414 g/mol. The molecule has 0 radical (unpaired) electrons. The number of benzene rings is 1. The lowest BCUT2D eigenvalue weighted by Gasteiger charge is -2.08. The molecule has 0 bridgehead atoms. The fourth-order valence-electron chi connectivity index (χ4n) is 2.46. The molecule has 9 nitrogen and oxygen atoms in total. The van der Waals surface area contributed by atoms with Gasteiger partial charge in [0.05, 0.1) is 18.8 Å². The van der Waals surface area contributed by atoms with E-state index in [-0.39, 0.29) is 40.0 Å². The maximum absolute atomic E-state index is 12.3. The minimum absolute atomic E-state index is 0.0327. The van der Waals surface area contributed by atoms with Gasteiger partial charge in [0.15, 0.2) is 6.61 Å². The van der Waals surface area contributed by atoms with Crippen LogP contribution in [0.15, 0.2) is 24.3 Å². The predicted molar refractivity (Wildman–Crippen MR) is 108 cm³/mol. The molecule has 0 unspecified atom stereocenters. The summed E-state index contributed by atoms with van der Waals surface area (Å²) < 4.78 is 14.9. The highest BCUT2D eigenvalue weighted by atomic mass is 32.1. The molecule has 160 valence electrons. The van der Waals surface area contributed by atoms with Crippen LogP contribution in [0.2, 0.25) is 0 Å². The van der Waals surface area contributed by atoms with Crippen molar-refractivity contribution in [2.24, 2.45) is 0 Å². The third-order valence-electron chi connectivity index (χ3n) is 3.80. The first-order valence-electron chi connectivity index (χ1n) is 9.02. The summed E-state index contributed by atoms with van der Waals surface area (Å²) in [5.41, 5.74) is 0.262. The standard InChI is InChI=1S/C20H21NO8S/c1-4-27-19(25)15-11(3)16(20(26)28-5-2)30-17(15)21-14(23)10-29-18(24)12-8-6-7-9-13(12)22/h6-9,22H,4-5,10H2,1-3H3,(H,21,23). The molecule has 0 saturated carbocycles. The van der Waals surface area contributed by atoms with E-state index in [0.29, 0.717) is 5.56 Å². The van der Waals surface area contributed by atoms with E-state index in [1.54, 1.807) is 20.8 Å². The Kier molecular flexibility index (Phi) is 7.93. The Hall–Kier alpha value is -3.40. The summed E-state index contributed by atoms with van der Waals surface area (Å²) in [7, 11) is 0. The topological polar surface area (TPSA) is 128 Å². The molecule has 0 saturated heterocycles. The van der Waals surface area contributed by atoms with Gasteiger partial charge in [-0.05, 0) is 38.5 Å². The second kappa shape index (κ2) is 10.4. The van der Waals surface area contributed by atoms with Crippen molar-refractivity contribution >= 4 is 40.2 Å². The predicted octanol–water partition coefficient (Wildman–Crippen LogP) is 2.91. The van der Waals surface area contributed by atoms with Crippen LogP contribution in [0.5, 0.6) is 5.75 Å². The zero-order valence-electron chi connectivity index (χ0n) is 16.6. The maximum Gasteiger partial charge on any atom is 0.348 e.